The van der Waals surface area contributed by atoms with Crippen LogP contribution in [-0.4, -0.2) is 18.1 Å². The highest BCUT2D eigenvalue weighted by atomic mass is 15.2. The van der Waals surface area contributed by atoms with Crippen LogP contribution in [-0.2, 0) is 13.0 Å². The molecule has 3 nitrogen and oxygen atoms in total. The van der Waals surface area contributed by atoms with E-state index in [1.165, 1.54) is 31.2 Å². The van der Waals surface area contributed by atoms with Crippen LogP contribution in [0.4, 0.5) is 5.82 Å². The molecular formula is C16H27N3. The number of piperidine rings is 1. The molecule has 2 rings (SSSR count). The summed E-state index contributed by atoms with van der Waals surface area (Å²) in [5.41, 5.74) is 8.15. The van der Waals surface area contributed by atoms with E-state index < -0.39 is 0 Å². The average Bonchev–Trinajstić information content (AvgIpc) is 2.47. The van der Waals surface area contributed by atoms with Crippen molar-refractivity contribution < 1.29 is 0 Å². The normalized spacial score (nSPS) is 16.9. The van der Waals surface area contributed by atoms with E-state index >= 15 is 0 Å². The van der Waals surface area contributed by atoms with Crippen molar-refractivity contribution in [2.45, 2.75) is 52.5 Å². The lowest BCUT2D eigenvalue weighted by Gasteiger charge is -2.33. The van der Waals surface area contributed by atoms with Crippen molar-refractivity contribution >= 4 is 5.82 Å². The summed E-state index contributed by atoms with van der Waals surface area (Å²) in [6, 6.07) is 4.30. The predicted octanol–water partition coefficient (Wildman–Crippen LogP) is 3.12. The van der Waals surface area contributed by atoms with Crippen LogP contribution in [0.15, 0.2) is 12.1 Å². The lowest BCUT2D eigenvalue weighted by Crippen LogP contribution is -2.34. The Morgan fingerprint density at radius 1 is 1.26 bits per heavy atom. The molecule has 0 spiro atoms. The second-order valence-electron chi connectivity index (χ2n) is 5.60. The summed E-state index contributed by atoms with van der Waals surface area (Å²) in [5, 5.41) is 0. The monoisotopic (exact) mass is 261 g/mol. The largest absolute Gasteiger partial charge is 0.357 e. The second kappa shape index (κ2) is 6.90. The first-order chi connectivity index (χ1) is 9.26. The molecule has 0 aliphatic carbocycles. The molecule has 0 atom stereocenters. The van der Waals surface area contributed by atoms with E-state index in [0.29, 0.717) is 6.54 Å². The van der Waals surface area contributed by atoms with Gasteiger partial charge >= 0.3 is 0 Å². The molecule has 1 aliphatic heterocycles. The number of anilines is 1. The van der Waals surface area contributed by atoms with Crippen LogP contribution in [0.5, 0.6) is 0 Å². The van der Waals surface area contributed by atoms with Gasteiger partial charge in [-0.05, 0) is 42.9 Å². The Morgan fingerprint density at radius 2 is 2.00 bits per heavy atom. The van der Waals surface area contributed by atoms with Gasteiger partial charge in [0.2, 0.25) is 0 Å². The number of aryl methyl sites for hydroxylation is 1. The fraction of sp³-hybridized carbons (Fsp3) is 0.688. The van der Waals surface area contributed by atoms with E-state index in [1.807, 2.05) is 0 Å². The van der Waals surface area contributed by atoms with Gasteiger partial charge in [0.15, 0.2) is 0 Å². The molecule has 1 saturated heterocycles. The number of nitrogens with zero attached hydrogens (tertiary/aromatic N) is 2. The van der Waals surface area contributed by atoms with Crippen LogP contribution in [0.2, 0.25) is 0 Å². The van der Waals surface area contributed by atoms with Gasteiger partial charge in [0, 0.05) is 25.3 Å². The third-order valence-corrected chi connectivity index (χ3v) is 4.16. The van der Waals surface area contributed by atoms with E-state index in [4.69, 9.17) is 10.7 Å². The molecule has 0 saturated carbocycles. The van der Waals surface area contributed by atoms with Gasteiger partial charge in [0.25, 0.3) is 0 Å². The number of hydrogen-bond acceptors (Lipinski definition) is 3. The van der Waals surface area contributed by atoms with Crippen molar-refractivity contribution in [3.8, 4) is 0 Å². The Balaban J connectivity index is 2.06. The molecular weight excluding hydrogens is 234 g/mol. The second-order valence-corrected chi connectivity index (χ2v) is 5.60. The van der Waals surface area contributed by atoms with Crippen LogP contribution in [0.25, 0.3) is 0 Å². The number of aromatic nitrogens is 1. The van der Waals surface area contributed by atoms with Crippen molar-refractivity contribution in [1.82, 2.24) is 4.98 Å². The van der Waals surface area contributed by atoms with Gasteiger partial charge < -0.3 is 10.6 Å². The van der Waals surface area contributed by atoms with Gasteiger partial charge in [0.1, 0.15) is 5.82 Å². The Kier molecular flexibility index (Phi) is 5.20. The van der Waals surface area contributed by atoms with Gasteiger partial charge in [-0.3, -0.25) is 0 Å². The van der Waals surface area contributed by atoms with Gasteiger partial charge in [-0.2, -0.15) is 0 Å². The van der Waals surface area contributed by atoms with E-state index in [2.05, 4.69) is 30.9 Å². The first-order valence-electron chi connectivity index (χ1n) is 7.71. The minimum Gasteiger partial charge on any atom is -0.357 e. The molecule has 1 fully saturated rings. The van der Waals surface area contributed by atoms with Crippen LogP contribution in [0, 0.1) is 5.92 Å². The Labute approximate surface area is 117 Å². The minimum absolute atomic E-state index is 0.606. The molecule has 2 heterocycles. The predicted molar refractivity (Wildman–Crippen MR) is 81.4 cm³/mol. The van der Waals surface area contributed by atoms with Crippen LogP contribution >= 0.6 is 0 Å². The summed E-state index contributed by atoms with van der Waals surface area (Å²) in [6.45, 7) is 7.34. The fourth-order valence-electron chi connectivity index (χ4n) is 2.95. The molecule has 0 unspecified atom stereocenters. The summed E-state index contributed by atoms with van der Waals surface area (Å²) >= 11 is 0. The first-order valence-corrected chi connectivity index (χ1v) is 7.71. The number of pyridine rings is 1. The highest BCUT2D eigenvalue weighted by Crippen LogP contribution is 2.25. The zero-order valence-electron chi connectivity index (χ0n) is 12.4. The lowest BCUT2D eigenvalue weighted by atomic mass is 9.92. The third kappa shape index (κ3) is 3.69. The van der Waals surface area contributed by atoms with E-state index in [0.717, 1.165) is 36.9 Å². The number of nitrogens with two attached hydrogens (primary N) is 1. The van der Waals surface area contributed by atoms with E-state index in [9.17, 15) is 0 Å². The zero-order valence-corrected chi connectivity index (χ0v) is 12.4. The van der Waals surface area contributed by atoms with Gasteiger partial charge in [-0.1, -0.05) is 26.7 Å². The fourth-order valence-corrected chi connectivity index (χ4v) is 2.95. The van der Waals surface area contributed by atoms with Crippen molar-refractivity contribution in [2.75, 3.05) is 18.0 Å². The maximum atomic E-state index is 5.79. The highest BCUT2D eigenvalue weighted by molar-refractivity contribution is 5.43. The maximum absolute atomic E-state index is 5.79. The summed E-state index contributed by atoms with van der Waals surface area (Å²) in [5.74, 6) is 2.05. The molecule has 0 amide bonds. The summed E-state index contributed by atoms with van der Waals surface area (Å²) in [4.78, 5) is 7.20. The van der Waals surface area contributed by atoms with E-state index in [1.54, 1.807) is 0 Å². The zero-order chi connectivity index (χ0) is 13.7. The van der Waals surface area contributed by atoms with Gasteiger partial charge in [-0.25, -0.2) is 4.98 Å². The third-order valence-electron chi connectivity index (χ3n) is 4.16. The molecule has 0 bridgehead atoms. The van der Waals surface area contributed by atoms with Gasteiger partial charge in [0.05, 0.1) is 0 Å². The number of rotatable bonds is 5. The standard InChI is InChI=1S/C16H27N3/c1-3-5-13-6-8-19(9-7-13)16-11-14(12-17)10-15(4-2)18-16/h10-11,13H,3-9,12,17H2,1-2H3. The Morgan fingerprint density at radius 3 is 2.58 bits per heavy atom. The Bertz CT molecular complexity index is 373. The van der Waals surface area contributed by atoms with Crippen molar-refractivity contribution in [3.63, 3.8) is 0 Å². The van der Waals surface area contributed by atoms with Crippen LogP contribution < -0.4 is 10.6 Å². The topological polar surface area (TPSA) is 42.1 Å². The molecule has 0 aromatic carbocycles. The van der Waals surface area contributed by atoms with Crippen molar-refractivity contribution in [3.05, 3.63) is 23.4 Å². The quantitative estimate of drug-likeness (QED) is 0.885. The Hall–Kier alpha value is -1.09. The van der Waals surface area contributed by atoms with Crippen molar-refractivity contribution in [1.29, 1.82) is 0 Å². The maximum Gasteiger partial charge on any atom is 0.129 e. The summed E-state index contributed by atoms with van der Waals surface area (Å²) < 4.78 is 0. The number of hydrogen-bond donors (Lipinski definition) is 1. The SMILES string of the molecule is CCCC1CCN(c2cc(CN)cc(CC)n2)CC1. The molecule has 1 aromatic rings. The van der Waals surface area contributed by atoms with E-state index in [-0.39, 0.29) is 0 Å². The molecule has 0 radical (unpaired) electrons. The summed E-state index contributed by atoms with van der Waals surface area (Å²) in [6.07, 6.45) is 6.29. The molecule has 19 heavy (non-hydrogen) atoms. The summed E-state index contributed by atoms with van der Waals surface area (Å²) in [7, 11) is 0. The molecule has 1 aromatic heterocycles. The minimum atomic E-state index is 0.606. The molecule has 106 valence electrons. The lowest BCUT2D eigenvalue weighted by molar-refractivity contribution is 0.377. The van der Waals surface area contributed by atoms with Gasteiger partial charge in [-0.15, -0.1) is 0 Å². The average molecular weight is 261 g/mol. The highest BCUT2D eigenvalue weighted by Gasteiger charge is 2.19. The van der Waals surface area contributed by atoms with Crippen LogP contribution in [0.3, 0.4) is 0 Å². The van der Waals surface area contributed by atoms with Crippen molar-refractivity contribution in [2.24, 2.45) is 11.7 Å². The molecule has 1 aliphatic rings. The molecule has 3 heteroatoms. The first kappa shape index (κ1) is 14.3. The molecule has 2 N–H and O–H groups in total. The smallest absolute Gasteiger partial charge is 0.129 e. The van der Waals surface area contributed by atoms with Crippen LogP contribution in [0.1, 0.15) is 50.8 Å².